The van der Waals surface area contributed by atoms with Gasteiger partial charge < -0.3 is 29.9 Å². The molecule has 7 heteroatoms. The lowest BCUT2D eigenvalue weighted by molar-refractivity contribution is -0.914. The lowest BCUT2D eigenvalue weighted by Crippen LogP contribution is -3.10. The summed E-state index contributed by atoms with van der Waals surface area (Å²) < 4.78 is 0. The minimum Gasteiger partial charge on any atom is -0.545 e. The van der Waals surface area contributed by atoms with E-state index in [-0.39, 0.29) is 31.1 Å². The minimum atomic E-state index is -1.27. The predicted molar refractivity (Wildman–Crippen MR) is 99.4 cm³/mol. The standard InChI is InChI=1S/C20H30N2O5/c1-3-9-21(10-4-2)12-16-11-15(19(26)27)5-6-17(16)22-18(25)7-8-20(22,13-23)14-24/h5-6,11,23-24H,3-4,7-10,12-14H2,1-2H3,(H,26,27). The van der Waals surface area contributed by atoms with Crippen LogP contribution in [0.4, 0.5) is 5.69 Å². The van der Waals surface area contributed by atoms with Crippen molar-refractivity contribution in [2.75, 3.05) is 31.2 Å². The fourth-order valence-corrected chi connectivity index (χ4v) is 3.92. The summed E-state index contributed by atoms with van der Waals surface area (Å²) in [6, 6.07) is 4.57. The third-order valence-electron chi connectivity index (χ3n) is 5.32. The van der Waals surface area contributed by atoms with Gasteiger partial charge in [0.2, 0.25) is 5.91 Å². The molecule has 0 aromatic heterocycles. The molecule has 1 aromatic carbocycles. The molecule has 7 nitrogen and oxygen atoms in total. The van der Waals surface area contributed by atoms with E-state index in [4.69, 9.17) is 0 Å². The maximum absolute atomic E-state index is 12.6. The largest absolute Gasteiger partial charge is 0.545 e. The van der Waals surface area contributed by atoms with Gasteiger partial charge in [0.05, 0.1) is 43.5 Å². The Morgan fingerprint density at radius 2 is 1.85 bits per heavy atom. The molecule has 1 amide bonds. The molecule has 0 radical (unpaired) electrons. The van der Waals surface area contributed by atoms with Gasteiger partial charge in [0.15, 0.2) is 0 Å². The Kier molecular flexibility index (Phi) is 7.35. The van der Waals surface area contributed by atoms with Crippen molar-refractivity contribution in [1.29, 1.82) is 0 Å². The lowest BCUT2D eigenvalue weighted by atomic mass is 9.96. The van der Waals surface area contributed by atoms with Gasteiger partial charge in [-0.3, -0.25) is 4.79 Å². The second kappa shape index (κ2) is 9.30. The molecule has 1 fully saturated rings. The van der Waals surface area contributed by atoms with E-state index in [0.717, 1.165) is 31.5 Å². The maximum atomic E-state index is 12.6. The highest BCUT2D eigenvalue weighted by molar-refractivity contribution is 5.99. The summed E-state index contributed by atoms with van der Waals surface area (Å²) in [4.78, 5) is 26.7. The van der Waals surface area contributed by atoms with Crippen LogP contribution in [0.25, 0.3) is 0 Å². The van der Waals surface area contributed by atoms with Gasteiger partial charge in [-0.15, -0.1) is 0 Å². The molecule has 1 aromatic rings. The topological polar surface area (TPSA) is 105 Å². The first-order valence-corrected chi connectivity index (χ1v) is 9.65. The van der Waals surface area contributed by atoms with Crippen LogP contribution in [0.3, 0.4) is 0 Å². The van der Waals surface area contributed by atoms with Gasteiger partial charge >= 0.3 is 0 Å². The van der Waals surface area contributed by atoms with Crippen molar-refractivity contribution in [1.82, 2.24) is 0 Å². The fraction of sp³-hybridized carbons (Fsp3) is 0.600. The highest BCUT2D eigenvalue weighted by atomic mass is 16.4. The zero-order chi connectivity index (χ0) is 20.0. The number of benzene rings is 1. The minimum absolute atomic E-state index is 0.0614. The van der Waals surface area contributed by atoms with Crippen molar-refractivity contribution >= 4 is 17.6 Å². The number of hydrogen-bond donors (Lipinski definition) is 3. The number of nitrogens with zero attached hydrogens (tertiary/aromatic N) is 1. The lowest BCUT2D eigenvalue weighted by Gasteiger charge is -2.37. The van der Waals surface area contributed by atoms with Crippen molar-refractivity contribution in [3.05, 3.63) is 29.3 Å². The highest BCUT2D eigenvalue weighted by Gasteiger charge is 2.46. The van der Waals surface area contributed by atoms with E-state index in [0.29, 0.717) is 18.7 Å². The number of carbonyl (C=O) groups excluding carboxylic acids is 2. The molecule has 1 heterocycles. The molecule has 0 aliphatic carbocycles. The molecule has 0 spiro atoms. The first kappa shape index (κ1) is 21.3. The number of quaternary nitrogens is 1. The van der Waals surface area contributed by atoms with Crippen LogP contribution >= 0.6 is 0 Å². The SMILES string of the molecule is CCC[NH+](CCC)Cc1cc(C(=O)[O-])ccc1N1C(=O)CCC1(CO)CO. The van der Waals surface area contributed by atoms with Gasteiger partial charge in [-0.1, -0.05) is 19.9 Å². The van der Waals surface area contributed by atoms with Crippen LogP contribution in [0.2, 0.25) is 0 Å². The third kappa shape index (κ3) is 4.48. The number of anilines is 1. The summed E-state index contributed by atoms with van der Waals surface area (Å²) in [7, 11) is 0. The molecule has 1 saturated heterocycles. The van der Waals surface area contributed by atoms with Gasteiger partial charge in [0.1, 0.15) is 6.54 Å². The van der Waals surface area contributed by atoms with Crippen LogP contribution in [-0.2, 0) is 11.3 Å². The summed E-state index contributed by atoms with van der Waals surface area (Å²) in [5.41, 5.74) is 0.293. The molecule has 27 heavy (non-hydrogen) atoms. The van der Waals surface area contributed by atoms with E-state index in [9.17, 15) is 24.9 Å². The van der Waals surface area contributed by atoms with E-state index < -0.39 is 11.5 Å². The molecule has 0 atom stereocenters. The molecule has 2 rings (SSSR count). The van der Waals surface area contributed by atoms with Crippen LogP contribution in [0, 0.1) is 0 Å². The molecular formula is C20H30N2O5. The molecule has 0 unspecified atom stereocenters. The molecular weight excluding hydrogens is 348 g/mol. The normalized spacial score (nSPS) is 16.3. The number of carboxylic acid groups (broad SMARTS) is 1. The van der Waals surface area contributed by atoms with Crippen molar-refractivity contribution in [3.8, 4) is 0 Å². The molecule has 1 aliphatic heterocycles. The second-order valence-corrected chi connectivity index (χ2v) is 7.33. The number of hydrogen-bond acceptors (Lipinski definition) is 5. The smallest absolute Gasteiger partial charge is 0.227 e. The highest BCUT2D eigenvalue weighted by Crippen LogP contribution is 2.37. The van der Waals surface area contributed by atoms with Crippen molar-refractivity contribution in [3.63, 3.8) is 0 Å². The Balaban J connectivity index is 2.51. The van der Waals surface area contributed by atoms with E-state index in [2.05, 4.69) is 13.8 Å². The van der Waals surface area contributed by atoms with Crippen molar-refractivity contribution in [2.45, 2.75) is 51.6 Å². The Labute approximate surface area is 160 Å². The summed E-state index contributed by atoms with van der Waals surface area (Å²) in [6.07, 6.45) is 2.58. The van der Waals surface area contributed by atoms with Crippen molar-refractivity contribution in [2.24, 2.45) is 0 Å². The summed E-state index contributed by atoms with van der Waals surface area (Å²) >= 11 is 0. The number of rotatable bonds is 10. The van der Waals surface area contributed by atoms with E-state index in [1.54, 1.807) is 12.1 Å². The van der Waals surface area contributed by atoms with Crippen LogP contribution in [0.5, 0.6) is 0 Å². The third-order valence-corrected chi connectivity index (χ3v) is 5.32. The molecule has 3 N–H and O–H groups in total. The maximum Gasteiger partial charge on any atom is 0.227 e. The van der Waals surface area contributed by atoms with Crippen LogP contribution in [0.15, 0.2) is 18.2 Å². The van der Waals surface area contributed by atoms with E-state index >= 15 is 0 Å². The molecule has 1 aliphatic rings. The number of carboxylic acids is 1. The first-order valence-electron chi connectivity index (χ1n) is 9.65. The summed E-state index contributed by atoms with van der Waals surface area (Å²) in [5, 5.41) is 31.1. The second-order valence-electron chi connectivity index (χ2n) is 7.33. The van der Waals surface area contributed by atoms with Crippen LogP contribution < -0.4 is 14.9 Å². The van der Waals surface area contributed by atoms with Crippen molar-refractivity contribution < 1.29 is 29.8 Å². The number of aromatic carboxylic acids is 1. The molecule has 0 bridgehead atoms. The Hall–Kier alpha value is -1.96. The van der Waals surface area contributed by atoms with Gasteiger partial charge in [-0.2, -0.15) is 0 Å². The van der Waals surface area contributed by atoms with E-state index in [1.165, 1.54) is 15.9 Å². The number of amides is 1. The predicted octanol–water partition coefficient (Wildman–Crippen LogP) is -0.895. The zero-order valence-corrected chi connectivity index (χ0v) is 16.2. The Morgan fingerprint density at radius 1 is 1.22 bits per heavy atom. The first-order chi connectivity index (χ1) is 12.9. The van der Waals surface area contributed by atoms with Gasteiger partial charge in [0, 0.05) is 12.0 Å². The monoisotopic (exact) mass is 378 g/mol. The summed E-state index contributed by atoms with van der Waals surface area (Å²) in [6.45, 7) is 5.93. The average molecular weight is 378 g/mol. The van der Waals surface area contributed by atoms with Gasteiger partial charge in [-0.05, 0) is 37.0 Å². The number of aliphatic hydroxyl groups is 2. The zero-order valence-electron chi connectivity index (χ0n) is 16.2. The summed E-state index contributed by atoms with van der Waals surface area (Å²) in [5.74, 6) is -1.44. The number of carbonyl (C=O) groups is 2. The van der Waals surface area contributed by atoms with Crippen LogP contribution in [-0.4, -0.2) is 53.9 Å². The Morgan fingerprint density at radius 3 is 2.37 bits per heavy atom. The average Bonchev–Trinajstić information content (AvgIpc) is 2.99. The molecule has 0 saturated carbocycles. The van der Waals surface area contributed by atoms with Gasteiger partial charge in [-0.25, -0.2) is 0 Å². The molecule has 150 valence electrons. The Bertz CT molecular complexity index is 666. The quantitative estimate of drug-likeness (QED) is 0.490. The number of nitrogens with one attached hydrogen (secondary N) is 1. The fourth-order valence-electron chi connectivity index (χ4n) is 3.92. The number of aliphatic hydroxyl groups excluding tert-OH is 2. The van der Waals surface area contributed by atoms with Crippen LogP contribution in [0.1, 0.15) is 55.5 Å². The van der Waals surface area contributed by atoms with Gasteiger partial charge in [0.25, 0.3) is 0 Å². The van der Waals surface area contributed by atoms with E-state index in [1.807, 2.05) is 0 Å².